The summed E-state index contributed by atoms with van der Waals surface area (Å²) in [6.07, 6.45) is 5.39. The van der Waals surface area contributed by atoms with E-state index in [9.17, 15) is 0 Å². The van der Waals surface area contributed by atoms with Crippen LogP contribution in [0.4, 0.5) is 11.9 Å². The van der Waals surface area contributed by atoms with Gasteiger partial charge in [0, 0.05) is 37.2 Å². The first-order valence-electron chi connectivity index (χ1n) is 9.97. The van der Waals surface area contributed by atoms with Gasteiger partial charge in [0.1, 0.15) is 0 Å². The molecule has 29 heavy (non-hydrogen) atoms. The topological polar surface area (TPSA) is 84.9 Å². The van der Waals surface area contributed by atoms with Crippen LogP contribution < -0.4 is 10.6 Å². The van der Waals surface area contributed by atoms with Crippen LogP contribution >= 0.6 is 11.6 Å². The molecule has 2 N–H and O–H groups in total. The maximum atomic E-state index is 6.25. The molecule has 0 aliphatic heterocycles. The Morgan fingerprint density at radius 1 is 1.00 bits per heavy atom. The molecule has 160 valence electrons. The molecular weight excluding hydrogens is 388 g/mol. The summed E-state index contributed by atoms with van der Waals surface area (Å²) in [5.41, 5.74) is 1.68. The molecule has 2 rings (SSSR count). The van der Waals surface area contributed by atoms with Crippen molar-refractivity contribution in [3.8, 4) is 0 Å². The predicted octanol–water partition coefficient (Wildman–Crippen LogP) is 4.45. The summed E-state index contributed by atoms with van der Waals surface area (Å²) in [5, 5.41) is 7.10. The van der Waals surface area contributed by atoms with Gasteiger partial charge >= 0.3 is 0 Å². The molecule has 0 radical (unpaired) electrons. The molecule has 2 aromatic heterocycles. The highest BCUT2D eigenvalue weighted by Gasteiger charge is 2.23. The number of rotatable bonds is 10. The Labute approximate surface area is 179 Å². The molecule has 8 heteroatoms. The van der Waals surface area contributed by atoms with Gasteiger partial charge in [0.2, 0.25) is 11.9 Å². The minimum Gasteiger partial charge on any atom is -0.383 e. The number of aromatic nitrogens is 4. The van der Waals surface area contributed by atoms with Gasteiger partial charge < -0.3 is 15.4 Å². The predicted molar refractivity (Wildman–Crippen MR) is 119 cm³/mol. The Morgan fingerprint density at radius 3 is 2.38 bits per heavy atom. The van der Waals surface area contributed by atoms with Crippen LogP contribution in [-0.2, 0) is 15.6 Å². The number of hydrogen-bond donors (Lipinski definition) is 2. The van der Waals surface area contributed by atoms with Crippen LogP contribution in [0.2, 0.25) is 5.02 Å². The van der Waals surface area contributed by atoms with E-state index in [2.05, 4.69) is 65.2 Å². The van der Waals surface area contributed by atoms with E-state index < -0.39 is 0 Å². The molecule has 0 aliphatic rings. The van der Waals surface area contributed by atoms with Crippen molar-refractivity contribution >= 4 is 23.5 Å². The molecule has 0 unspecified atom stereocenters. The second-order valence-corrected chi connectivity index (χ2v) is 9.15. The highest BCUT2D eigenvalue weighted by molar-refractivity contribution is 6.31. The third kappa shape index (κ3) is 7.08. The molecule has 0 aromatic carbocycles. The van der Waals surface area contributed by atoms with E-state index >= 15 is 0 Å². The quantitative estimate of drug-likeness (QED) is 0.549. The molecule has 0 saturated heterocycles. The molecule has 2 heterocycles. The SMILES string of the molecule is COCCNc1nccc(C(C)(C)CCCNc2ncc(Cl)c(C(C)(C)C)n2)n1. The summed E-state index contributed by atoms with van der Waals surface area (Å²) < 4.78 is 5.05. The van der Waals surface area contributed by atoms with Gasteiger partial charge in [-0.05, 0) is 18.9 Å². The second-order valence-electron chi connectivity index (χ2n) is 8.74. The first kappa shape index (κ1) is 23.3. The van der Waals surface area contributed by atoms with Crippen LogP contribution in [-0.4, -0.2) is 46.7 Å². The highest BCUT2D eigenvalue weighted by atomic mass is 35.5. The van der Waals surface area contributed by atoms with Crippen LogP contribution in [0.5, 0.6) is 0 Å². The van der Waals surface area contributed by atoms with Crippen molar-refractivity contribution in [3.63, 3.8) is 0 Å². The third-order valence-electron chi connectivity index (χ3n) is 4.65. The van der Waals surface area contributed by atoms with Crippen LogP contribution in [0.3, 0.4) is 0 Å². The maximum absolute atomic E-state index is 6.25. The van der Waals surface area contributed by atoms with Gasteiger partial charge in [0.15, 0.2) is 0 Å². The number of hydrogen-bond acceptors (Lipinski definition) is 7. The van der Waals surface area contributed by atoms with Gasteiger partial charge in [-0.15, -0.1) is 0 Å². The van der Waals surface area contributed by atoms with Crippen molar-refractivity contribution in [2.75, 3.05) is 37.4 Å². The fourth-order valence-corrected chi connectivity index (χ4v) is 3.30. The molecular formula is C21H33ClN6O. The molecule has 0 atom stereocenters. The van der Waals surface area contributed by atoms with Gasteiger partial charge in [0.05, 0.1) is 29.2 Å². The van der Waals surface area contributed by atoms with E-state index in [-0.39, 0.29) is 10.8 Å². The van der Waals surface area contributed by atoms with Crippen LogP contribution in [0, 0.1) is 0 Å². The summed E-state index contributed by atoms with van der Waals surface area (Å²) in [6, 6.07) is 1.98. The largest absolute Gasteiger partial charge is 0.383 e. The normalized spacial score (nSPS) is 12.1. The summed E-state index contributed by atoms with van der Waals surface area (Å²) in [4.78, 5) is 17.8. The summed E-state index contributed by atoms with van der Waals surface area (Å²) in [5.74, 6) is 1.25. The number of ether oxygens (including phenoxy) is 1. The lowest BCUT2D eigenvalue weighted by molar-refractivity contribution is 0.210. The molecule has 0 aliphatic carbocycles. The van der Waals surface area contributed by atoms with Crippen LogP contribution in [0.1, 0.15) is 58.8 Å². The minimum atomic E-state index is -0.125. The van der Waals surface area contributed by atoms with E-state index in [1.807, 2.05) is 6.07 Å². The Kier molecular flexibility index (Phi) is 8.16. The number of anilines is 2. The smallest absolute Gasteiger partial charge is 0.222 e. The van der Waals surface area contributed by atoms with Crippen molar-refractivity contribution in [2.45, 2.75) is 58.3 Å². The zero-order valence-corrected chi connectivity index (χ0v) is 19.1. The van der Waals surface area contributed by atoms with Gasteiger partial charge in [0.25, 0.3) is 0 Å². The average Bonchev–Trinajstić information content (AvgIpc) is 2.66. The van der Waals surface area contributed by atoms with E-state index in [0.29, 0.717) is 30.1 Å². The third-order valence-corrected chi connectivity index (χ3v) is 4.93. The van der Waals surface area contributed by atoms with Crippen LogP contribution in [0.15, 0.2) is 18.5 Å². The molecule has 0 fully saturated rings. The summed E-state index contributed by atoms with van der Waals surface area (Å²) in [6.45, 7) is 12.7. The zero-order valence-electron chi connectivity index (χ0n) is 18.3. The number of nitrogens with zero attached hydrogens (tertiary/aromatic N) is 4. The van der Waals surface area contributed by atoms with E-state index in [1.165, 1.54) is 0 Å². The molecule has 0 saturated carbocycles. The Bertz CT molecular complexity index is 791. The average molecular weight is 421 g/mol. The van der Waals surface area contributed by atoms with Crippen LogP contribution in [0.25, 0.3) is 0 Å². The first-order chi connectivity index (χ1) is 13.6. The fourth-order valence-electron chi connectivity index (χ4n) is 2.92. The minimum absolute atomic E-state index is 0.0697. The molecule has 0 spiro atoms. The van der Waals surface area contributed by atoms with Gasteiger partial charge in [-0.3, -0.25) is 0 Å². The van der Waals surface area contributed by atoms with Gasteiger partial charge in [-0.25, -0.2) is 19.9 Å². The van der Waals surface area contributed by atoms with Crippen molar-refractivity contribution in [1.29, 1.82) is 0 Å². The van der Waals surface area contributed by atoms with E-state index in [4.69, 9.17) is 16.3 Å². The molecule has 0 amide bonds. The lowest BCUT2D eigenvalue weighted by atomic mass is 9.84. The maximum Gasteiger partial charge on any atom is 0.222 e. The number of methoxy groups -OCH3 is 1. The monoisotopic (exact) mass is 420 g/mol. The van der Waals surface area contributed by atoms with Gasteiger partial charge in [-0.1, -0.05) is 46.2 Å². The molecule has 0 bridgehead atoms. The van der Waals surface area contributed by atoms with Crippen molar-refractivity contribution < 1.29 is 4.74 Å². The second kappa shape index (κ2) is 10.2. The molecule has 2 aromatic rings. The highest BCUT2D eigenvalue weighted by Crippen LogP contribution is 2.29. The number of nitrogens with one attached hydrogen (secondary N) is 2. The standard InChI is InChI=1S/C21H33ClN6O/c1-20(2,3)17-15(22)14-26-19(28-17)23-10-7-9-21(4,5)16-8-11-24-18(27-16)25-12-13-29-6/h8,11,14H,7,9-10,12-13H2,1-6H3,(H,23,26,28)(H,24,25,27). The first-order valence-corrected chi connectivity index (χ1v) is 10.3. The zero-order chi connectivity index (χ0) is 21.5. The number of halogens is 1. The Balaban J connectivity index is 1.90. The van der Waals surface area contributed by atoms with E-state index in [1.54, 1.807) is 19.5 Å². The van der Waals surface area contributed by atoms with Crippen molar-refractivity contribution in [1.82, 2.24) is 19.9 Å². The summed E-state index contributed by atoms with van der Waals surface area (Å²) in [7, 11) is 1.68. The lowest BCUT2D eigenvalue weighted by Gasteiger charge is -2.24. The molecule has 7 nitrogen and oxygen atoms in total. The van der Waals surface area contributed by atoms with E-state index in [0.717, 1.165) is 30.8 Å². The van der Waals surface area contributed by atoms with Gasteiger partial charge in [-0.2, -0.15) is 0 Å². The van der Waals surface area contributed by atoms with Crippen molar-refractivity contribution in [2.24, 2.45) is 0 Å². The fraction of sp³-hybridized carbons (Fsp3) is 0.619. The van der Waals surface area contributed by atoms with Crippen molar-refractivity contribution in [3.05, 3.63) is 34.9 Å². The Morgan fingerprint density at radius 2 is 1.69 bits per heavy atom. The lowest BCUT2D eigenvalue weighted by Crippen LogP contribution is -2.22. The Hall–Kier alpha value is -1.99. The summed E-state index contributed by atoms with van der Waals surface area (Å²) >= 11 is 6.25.